The first-order valence-electron chi connectivity index (χ1n) is 7.91. The first-order valence-corrected chi connectivity index (χ1v) is 7.91. The van der Waals surface area contributed by atoms with E-state index in [4.69, 9.17) is 9.47 Å². The summed E-state index contributed by atoms with van der Waals surface area (Å²) in [5, 5.41) is 0. The van der Waals surface area contributed by atoms with Gasteiger partial charge in [0.2, 0.25) is 0 Å². The van der Waals surface area contributed by atoms with Crippen LogP contribution in [0, 0.1) is 5.92 Å². The number of methoxy groups -OCH3 is 1. The molecule has 0 saturated carbocycles. The van der Waals surface area contributed by atoms with Crippen LogP contribution < -0.4 is 9.47 Å². The van der Waals surface area contributed by atoms with E-state index in [0.29, 0.717) is 11.8 Å². The Morgan fingerprint density at radius 1 is 1.09 bits per heavy atom. The van der Waals surface area contributed by atoms with Crippen LogP contribution in [0.4, 0.5) is 0 Å². The molecule has 3 heteroatoms. The zero-order valence-corrected chi connectivity index (χ0v) is 12.9. The first kappa shape index (κ1) is 13.6. The second-order valence-corrected chi connectivity index (χ2v) is 6.23. The van der Waals surface area contributed by atoms with Gasteiger partial charge in [0.15, 0.2) is 0 Å². The molecule has 2 aliphatic heterocycles. The van der Waals surface area contributed by atoms with Gasteiger partial charge >= 0.3 is 0 Å². The molecule has 0 aromatic heterocycles. The van der Waals surface area contributed by atoms with Crippen molar-refractivity contribution in [2.24, 2.45) is 5.92 Å². The highest BCUT2D eigenvalue weighted by Crippen LogP contribution is 2.46. The van der Waals surface area contributed by atoms with E-state index < -0.39 is 0 Å². The summed E-state index contributed by atoms with van der Waals surface area (Å²) in [6.07, 6.45) is 0. The van der Waals surface area contributed by atoms with Crippen molar-refractivity contribution < 1.29 is 9.47 Å². The minimum Gasteiger partial charge on any atom is -0.496 e. The van der Waals surface area contributed by atoms with Gasteiger partial charge in [0.05, 0.1) is 13.7 Å². The van der Waals surface area contributed by atoms with Gasteiger partial charge in [0.25, 0.3) is 0 Å². The molecule has 2 heterocycles. The van der Waals surface area contributed by atoms with E-state index in [1.54, 1.807) is 7.11 Å². The van der Waals surface area contributed by atoms with E-state index in [0.717, 1.165) is 37.7 Å². The van der Waals surface area contributed by atoms with Gasteiger partial charge < -0.3 is 9.47 Å². The molecule has 2 aliphatic rings. The van der Waals surface area contributed by atoms with Crippen molar-refractivity contribution in [3.8, 4) is 11.5 Å². The topological polar surface area (TPSA) is 21.7 Å². The number of hydrogen-bond acceptors (Lipinski definition) is 3. The van der Waals surface area contributed by atoms with E-state index in [2.05, 4.69) is 41.3 Å². The Morgan fingerprint density at radius 3 is 2.77 bits per heavy atom. The van der Waals surface area contributed by atoms with Crippen LogP contribution in [0.3, 0.4) is 0 Å². The molecule has 0 bridgehead atoms. The molecule has 0 spiro atoms. The van der Waals surface area contributed by atoms with E-state index in [-0.39, 0.29) is 0 Å². The average molecular weight is 295 g/mol. The Bertz CT molecular complexity index is 641. The third kappa shape index (κ3) is 2.35. The van der Waals surface area contributed by atoms with Crippen molar-refractivity contribution >= 4 is 0 Å². The van der Waals surface area contributed by atoms with E-state index in [9.17, 15) is 0 Å². The number of fused-ring (bicyclic) bond motifs is 3. The summed E-state index contributed by atoms with van der Waals surface area (Å²) in [6, 6.07) is 16.8. The monoisotopic (exact) mass is 295 g/mol. The summed E-state index contributed by atoms with van der Waals surface area (Å²) in [5.41, 5.74) is 2.64. The zero-order valence-electron chi connectivity index (χ0n) is 12.9. The van der Waals surface area contributed by atoms with Crippen molar-refractivity contribution in [1.29, 1.82) is 0 Å². The molecule has 0 N–H and O–H groups in total. The maximum Gasteiger partial charge on any atom is 0.126 e. The van der Waals surface area contributed by atoms with Gasteiger partial charge in [-0.15, -0.1) is 0 Å². The minimum absolute atomic E-state index is 0.517. The van der Waals surface area contributed by atoms with Crippen molar-refractivity contribution in [2.45, 2.75) is 12.5 Å². The van der Waals surface area contributed by atoms with Gasteiger partial charge in [-0.2, -0.15) is 0 Å². The fourth-order valence-electron chi connectivity index (χ4n) is 3.82. The second-order valence-electron chi connectivity index (χ2n) is 6.23. The number of hydrogen-bond donors (Lipinski definition) is 0. The molecule has 1 saturated heterocycles. The Balaban J connectivity index is 1.58. The van der Waals surface area contributed by atoms with Gasteiger partial charge in [0.1, 0.15) is 11.5 Å². The van der Waals surface area contributed by atoms with Crippen LogP contribution in [-0.2, 0) is 6.54 Å². The van der Waals surface area contributed by atoms with Crippen LogP contribution in [0.15, 0.2) is 48.5 Å². The summed E-state index contributed by atoms with van der Waals surface area (Å²) < 4.78 is 11.5. The second kappa shape index (κ2) is 5.65. The largest absolute Gasteiger partial charge is 0.496 e. The lowest BCUT2D eigenvalue weighted by Crippen LogP contribution is -2.25. The maximum atomic E-state index is 5.97. The third-order valence-corrected chi connectivity index (χ3v) is 4.84. The van der Waals surface area contributed by atoms with Crippen LogP contribution in [0.2, 0.25) is 0 Å². The molecular formula is C19H21NO2. The molecule has 4 rings (SSSR count). The smallest absolute Gasteiger partial charge is 0.126 e. The number of rotatable bonds is 3. The Morgan fingerprint density at radius 2 is 1.95 bits per heavy atom. The molecule has 0 radical (unpaired) electrons. The van der Waals surface area contributed by atoms with Crippen LogP contribution in [0.5, 0.6) is 11.5 Å². The zero-order chi connectivity index (χ0) is 14.9. The fraction of sp³-hybridized carbons (Fsp3) is 0.368. The highest BCUT2D eigenvalue weighted by Gasteiger charge is 2.40. The Kier molecular flexibility index (Phi) is 3.51. The molecule has 2 aromatic rings. The lowest BCUT2D eigenvalue weighted by Gasteiger charge is -2.29. The molecule has 0 unspecified atom stereocenters. The Hall–Kier alpha value is -2.00. The first-order chi connectivity index (χ1) is 10.8. The average Bonchev–Trinajstić information content (AvgIpc) is 2.97. The summed E-state index contributed by atoms with van der Waals surface area (Å²) in [7, 11) is 1.75. The van der Waals surface area contributed by atoms with Gasteiger partial charge in [0, 0.05) is 37.0 Å². The van der Waals surface area contributed by atoms with E-state index in [1.165, 1.54) is 11.1 Å². The van der Waals surface area contributed by atoms with Crippen molar-refractivity contribution in [3.63, 3.8) is 0 Å². The predicted octanol–water partition coefficient (Wildman–Crippen LogP) is 3.30. The number of likely N-dealkylation sites (tertiary alicyclic amines) is 1. The molecule has 0 amide bonds. The van der Waals surface area contributed by atoms with Crippen LogP contribution in [0.1, 0.15) is 17.0 Å². The van der Waals surface area contributed by atoms with Gasteiger partial charge in [-0.1, -0.05) is 36.4 Å². The molecule has 3 nitrogen and oxygen atoms in total. The standard InChI is InChI=1S/C19H21NO2/c1-21-17-8-5-9-18-19(17)16-12-20(11-15(16)13-22-18)10-14-6-3-2-4-7-14/h2-9,15-16H,10-13H2,1H3/t15-,16+/m1/s1. The summed E-state index contributed by atoms with van der Waals surface area (Å²) >= 11 is 0. The van der Waals surface area contributed by atoms with E-state index in [1.807, 2.05) is 12.1 Å². The normalized spacial score (nSPS) is 23.5. The SMILES string of the molecule is COc1cccc2c1[C@H]1CN(Cc3ccccc3)C[C@@H]1CO2. The van der Waals surface area contributed by atoms with Gasteiger partial charge in [-0.3, -0.25) is 4.90 Å². The highest BCUT2D eigenvalue weighted by molar-refractivity contribution is 5.49. The van der Waals surface area contributed by atoms with Gasteiger partial charge in [-0.05, 0) is 17.7 Å². The molecule has 114 valence electrons. The summed E-state index contributed by atoms with van der Waals surface area (Å²) in [6.45, 7) is 4.00. The van der Waals surface area contributed by atoms with Gasteiger partial charge in [-0.25, -0.2) is 0 Å². The van der Waals surface area contributed by atoms with Crippen LogP contribution >= 0.6 is 0 Å². The molecular weight excluding hydrogens is 274 g/mol. The molecule has 22 heavy (non-hydrogen) atoms. The third-order valence-electron chi connectivity index (χ3n) is 4.84. The molecule has 0 aliphatic carbocycles. The molecule has 2 aromatic carbocycles. The van der Waals surface area contributed by atoms with Crippen molar-refractivity contribution in [1.82, 2.24) is 4.90 Å². The lowest BCUT2D eigenvalue weighted by atomic mass is 9.86. The molecule has 2 atom stereocenters. The highest BCUT2D eigenvalue weighted by atomic mass is 16.5. The fourth-order valence-corrected chi connectivity index (χ4v) is 3.82. The Labute approximate surface area is 131 Å². The number of nitrogens with zero attached hydrogens (tertiary/aromatic N) is 1. The summed E-state index contributed by atoms with van der Waals surface area (Å²) in [5.74, 6) is 3.05. The minimum atomic E-state index is 0.517. The quantitative estimate of drug-likeness (QED) is 0.867. The maximum absolute atomic E-state index is 5.97. The molecule has 1 fully saturated rings. The number of ether oxygens (including phenoxy) is 2. The number of benzene rings is 2. The van der Waals surface area contributed by atoms with Crippen molar-refractivity contribution in [3.05, 3.63) is 59.7 Å². The van der Waals surface area contributed by atoms with Crippen LogP contribution in [0.25, 0.3) is 0 Å². The predicted molar refractivity (Wildman–Crippen MR) is 86.4 cm³/mol. The lowest BCUT2D eigenvalue weighted by molar-refractivity contribution is 0.208. The van der Waals surface area contributed by atoms with Crippen LogP contribution in [-0.4, -0.2) is 31.7 Å². The van der Waals surface area contributed by atoms with E-state index >= 15 is 0 Å². The van der Waals surface area contributed by atoms with Crippen molar-refractivity contribution in [2.75, 3.05) is 26.8 Å². The summed E-state index contributed by atoms with van der Waals surface area (Å²) in [4.78, 5) is 2.54.